The van der Waals surface area contributed by atoms with Crippen molar-refractivity contribution in [3.8, 4) is 11.1 Å². The second kappa shape index (κ2) is 9.51. The van der Waals surface area contributed by atoms with Gasteiger partial charge in [-0.25, -0.2) is 0 Å². The maximum atomic E-state index is 12.5. The number of benzene rings is 2. The third-order valence-corrected chi connectivity index (χ3v) is 5.24. The lowest BCUT2D eigenvalue weighted by Crippen LogP contribution is -2.40. The van der Waals surface area contributed by atoms with Crippen molar-refractivity contribution < 1.29 is 14.3 Å². The monoisotopic (exact) mass is 380 g/mol. The van der Waals surface area contributed by atoms with Gasteiger partial charge >= 0.3 is 0 Å². The molecule has 1 aliphatic heterocycles. The number of primary amides is 1. The highest BCUT2D eigenvalue weighted by Crippen LogP contribution is 2.23. The molecule has 0 radical (unpaired) electrons. The molecule has 2 N–H and O–H groups in total. The smallest absolute Gasteiger partial charge is 0.254 e. The molecule has 1 saturated heterocycles. The molecule has 1 fully saturated rings. The molecule has 5 heteroatoms. The van der Waals surface area contributed by atoms with Gasteiger partial charge in [-0.1, -0.05) is 49.7 Å². The molecule has 0 aliphatic carbocycles. The van der Waals surface area contributed by atoms with E-state index in [9.17, 15) is 9.59 Å². The molecule has 2 amide bonds. The first-order valence-corrected chi connectivity index (χ1v) is 9.94. The van der Waals surface area contributed by atoms with E-state index < -0.39 is 0 Å². The molecule has 5 nitrogen and oxygen atoms in total. The van der Waals surface area contributed by atoms with Crippen molar-refractivity contribution in [2.45, 2.75) is 26.2 Å². The predicted octanol–water partition coefficient (Wildman–Crippen LogP) is 3.27. The van der Waals surface area contributed by atoms with Gasteiger partial charge in [0.05, 0.1) is 13.2 Å². The third-order valence-electron chi connectivity index (χ3n) is 5.24. The van der Waals surface area contributed by atoms with Gasteiger partial charge in [-0.15, -0.1) is 0 Å². The van der Waals surface area contributed by atoms with Crippen LogP contribution in [0.3, 0.4) is 0 Å². The van der Waals surface area contributed by atoms with Gasteiger partial charge in [-0.05, 0) is 41.7 Å². The Bertz CT molecular complexity index is 794. The largest absolute Gasteiger partial charge is 0.378 e. The van der Waals surface area contributed by atoms with Crippen molar-refractivity contribution in [3.63, 3.8) is 0 Å². The lowest BCUT2D eigenvalue weighted by atomic mass is 9.93. The lowest BCUT2D eigenvalue weighted by Gasteiger charge is -2.26. The molecular weight excluding hydrogens is 352 g/mol. The third kappa shape index (κ3) is 4.98. The van der Waals surface area contributed by atoms with Crippen LogP contribution in [-0.2, 0) is 16.0 Å². The number of nitrogens with two attached hydrogens (primary N) is 1. The second-order valence-corrected chi connectivity index (χ2v) is 7.27. The number of ether oxygens (including phenoxy) is 1. The number of hydrogen-bond donors (Lipinski definition) is 1. The van der Waals surface area contributed by atoms with Gasteiger partial charge in [0.15, 0.2) is 0 Å². The average molecular weight is 380 g/mol. The first kappa shape index (κ1) is 20.1. The summed E-state index contributed by atoms with van der Waals surface area (Å²) in [6, 6.07) is 15.9. The van der Waals surface area contributed by atoms with E-state index in [0.29, 0.717) is 38.3 Å². The van der Waals surface area contributed by atoms with Gasteiger partial charge in [-0.3, -0.25) is 9.59 Å². The van der Waals surface area contributed by atoms with Crippen molar-refractivity contribution in [2.24, 2.45) is 11.7 Å². The Kier molecular flexibility index (Phi) is 6.82. The van der Waals surface area contributed by atoms with E-state index in [1.807, 2.05) is 41.3 Å². The number of carbonyl (C=O) groups is 2. The fourth-order valence-corrected chi connectivity index (χ4v) is 3.57. The fraction of sp³-hybridized carbons (Fsp3) is 0.391. The van der Waals surface area contributed by atoms with Crippen LogP contribution in [0.1, 0.15) is 35.7 Å². The number of carbonyl (C=O) groups excluding carboxylic acids is 2. The summed E-state index contributed by atoms with van der Waals surface area (Å²) in [4.78, 5) is 25.9. The van der Waals surface area contributed by atoms with E-state index in [4.69, 9.17) is 10.5 Å². The number of nitrogens with zero attached hydrogens (tertiary/aromatic N) is 1. The van der Waals surface area contributed by atoms with E-state index in [1.54, 1.807) is 0 Å². The van der Waals surface area contributed by atoms with Crippen LogP contribution in [-0.4, -0.2) is 43.0 Å². The lowest BCUT2D eigenvalue weighted by molar-refractivity contribution is -0.122. The van der Waals surface area contributed by atoms with E-state index >= 15 is 0 Å². The van der Waals surface area contributed by atoms with Crippen molar-refractivity contribution in [1.82, 2.24) is 4.90 Å². The van der Waals surface area contributed by atoms with Gasteiger partial charge in [0, 0.05) is 24.6 Å². The summed E-state index contributed by atoms with van der Waals surface area (Å²) in [5, 5.41) is 0. The minimum atomic E-state index is -0.230. The van der Waals surface area contributed by atoms with Crippen molar-refractivity contribution in [1.29, 1.82) is 0 Å². The second-order valence-electron chi connectivity index (χ2n) is 7.27. The standard InChI is InChI=1S/C23H28N2O3/c1-2-3-21(22(24)26)16-17-4-6-18(7-5-17)19-8-10-20(11-9-19)23(27)25-12-14-28-15-13-25/h4-11,21H,2-3,12-16H2,1H3,(H2,24,26). The summed E-state index contributed by atoms with van der Waals surface area (Å²) >= 11 is 0. The minimum absolute atomic E-state index is 0.0543. The maximum Gasteiger partial charge on any atom is 0.254 e. The Morgan fingerprint density at radius 3 is 2.11 bits per heavy atom. The molecule has 0 bridgehead atoms. The molecule has 1 aliphatic rings. The Balaban J connectivity index is 1.66. The zero-order chi connectivity index (χ0) is 19.9. The first-order valence-electron chi connectivity index (χ1n) is 9.94. The Hall–Kier alpha value is -2.66. The molecule has 0 aromatic heterocycles. The van der Waals surface area contributed by atoms with Crippen LogP contribution in [0.4, 0.5) is 0 Å². The number of hydrogen-bond acceptors (Lipinski definition) is 3. The average Bonchev–Trinajstić information content (AvgIpc) is 2.74. The van der Waals surface area contributed by atoms with Crippen molar-refractivity contribution in [2.75, 3.05) is 26.3 Å². The topological polar surface area (TPSA) is 72.6 Å². The normalized spacial score (nSPS) is 15.2. The zero-order valence-electron chi connectivity index (χ0n) is 16.4. The maximum absolute atomic E-state index is 12.5. The van der Waals surface area contributed by atoms with Crippen molar-refractivity contribution in [3.05, 3.63) is 59.7 Å². The van der Waals surface area contributed by atoms with Crippen LogP contribution in [0.2, 0.25) is 0 Å². The first-order chi connectivity index (χ1) is 13.6. The highest BCUT2D eigenvalue weighted by molar-refractivity contribution is 5.94. The van der Waals surface area contributed by atoms with Crippen LogP contribution in [0.25, 0.3) is 11.1 Å². The summed E-state index contributed by atoms with van der Waals surface area (Å²) in [6.45, 7) is 4.56. The molecule has 0 saturated carbocycles. The molecule has 148 valence electrons. The van der Waals surface area contributed by atoms with Gasteiger partial charge in [0.1, 0.15) is 0 Å². The van der Waals surface area contributed by atoms with Crippen LogP contribution in [0.15, 0.2) is 48.5 Å². The van der Waals surface area contributed by atoms with Gasteiger partial charge in [0.2, 0.25) is 5.91 Å². The van der Waals surface area contributed by atoms with Crippen LogP contribution in [0.5, 0.6) is 0 Å². The zero-order valence-corrected chi connectivity index (χ0v) is 16.4. The van der Waals surface area contributed by atoms with Gasteiger partial charge < -0.3 is 15.4 Å². The molecule has 2 aromatic carbocycles. The SMILES string of the molecule is CCCC(Cc1ccc(-c2ccc(C(=O)N3CCOCC3)cc2)cc1)C(N)=O. The van der Waals surface area contributed by atoms with Crippen LogP contribution < -0.4 is 5.73 Å². The van der Waals surface area contributed by atoms with E-state index in [-0.39, 0.29) is 17.7 Å². The Morgan fingerprint density at radius 2 is 1.57 bits per heavy atom. The van der Waals surface area contributed by atoms with Crippen molar-refractivity contribution >= 4 is 11.8 Å². The number of rotatable bonds is 7. The number of amides is 2. The van der Waals surface area contributed by atoms with E-state index in [1.165, 1.54) is 0 Å². The van der Waals surface area contributed by atoms with Crippen LogP contribution in [0, 0.1) is 5.92 Å². The quantitative estimate of drug-likeness (QED) is 0.801. The summed E-state index contributed by atoms with van der Waals surface area (Å²) < 4.78 is 5.30. The molecular formula is C23H28N2O3. The summed E-state index contributed by atoms with van der Waals surface area (Å²) in [6.07, 6.45) is 2.44. The number of morpholine rings is 1. The molecule has 1 heterocycles. The minimum Gasteiger partial charge on any atom is -0.378 e. The fourth-order valence-electron chi connectivity index (χ4n) is 3.57. The van der Waals surface area contributed by atoms with Crippen LogP contribution >= 0.6 is 0 Å². The Morgan fingerprint density at radius 1 is 1.00 bits per heavy atom. The molecule has 2 aromatic rings. The highest BCUT2D eigenvalue weighted by Gasteiger charge is 2.18. The summed E-state index contributed by atoms with van der Waals surface area (Å²) in [5.41, 5.74) is 9.46. The molecule has 3 rings (SSSR count). The van der Waals surface area contributed by atoms with E-state index in [0.717, 1.165) is 29.5 Å². The van der Waals surface area contributed by atoms with Gasteiger partial charge in [0.25, 0.3) is 5.91 Å². The van der Waals surface area contributed by atoms with E-state index in [2.05, 4.69) is 19.1 Å². The Labute approximate surface area is 166 Å². The molecule has 0 spiro atoms. The van der Waals surface area contributed by atoms with Gasteiger partial charge in [-0.2, -0.15) is 0 Å². The summed E-state index contributed by atoms with van der Waals surface area (Å²) in [5.74, 6) is -0.286. The molecule has 1 atom stereocenters. The summed E-state index contributed by atoms with van der Waals surface area (Å²) in [7, 11) is 0. The highest BCUT2D eigenvalue weighted by atomic mass is 16.5. The molecule has 28 heavy (non-hydrogen) atoms. The predicted molar refractivity (Wildman–Crippen MR) is 110 cm³/mol. The molecule has 1 unspecified atom stereocenters.